The summed E-state index contributed by atoms with van der Waals surface area (Å²) in [6.45, 7) is 2.08. The maximum absolute atomic E-state index is 11.8. The number of aliphatic hydroxyl groups is 1. The fourth-order valence-corrected chi connectivity index (χ4v) is 4.29. The minimum Gasteiger partial charge on any atom is -0.465 e. The van der Waals surface area contributed by atoms with Crippen LogP contribution in [0.5, 0.6) is 0 Å². The molecule has 0 saturated carbocycles. The first-order valence-corrected chi connectivity index (χ1v) is 11.2. The van der Waals surface area contributed by atoms with Crippen LogP contribution in [0.2, 0.25) is 0 Å². The number of para-hydroxylation sites is 1. The number of carbonyl (C=O) groups is 1. The van der Waals surface area contributed by atoms with Crippen LogP contribution in [0.4, 0.5) is 5.69 Å². The summed E-state index contributed by atoms with van der Waals surface area (Å²) in [6, 6.07) is 14.7. The number of esters is 1. The molecule has 1 heterocycles. The molecule has 7 nitrogen and oxygen atoms in total. The van der Waals surface area contributed by atoms with Crippen molar-refractivity contribution in [3.05, 3.63) is 65.2 Å². The van der Waals surface area contributed by atoms with Crippen molar-refractivity contribution in [1.82, 2.24) is 4.31 Å². The number of β-amino-alcohol motifs (C(OH)–C–C–N with tert-alkyl or cyclic N) is 1. The van der Waals surface area contributed by atoms with Crippen molar-refractivity contribution in [2.24, 2.45) is 0 Å². The molecule has 8 heteroatoms. The van der Waals surface area contributed by atoms with E-state index in [1.165, 1.54) is 11.4 Å². The van der Waals surface area contributed by atoms with Gasteiger partial charge in [-0.25, -0.2) is 13.2 Å². The van der Waals surface area contributed by atoms with Gasteiger partial charge in [0.05, 0.1) is 18.8 Å². The molecule has 0 spiro atoms. The van der Waals surface area contributed by atoms with Crippen molar-refractivity contribution in [3.63, 3.8) is 0 Å². The van der Waals surface area contributed by atoms with E-state index in [-0.39, 0.29) is 12.6 Å². The van der Waals surface area contributed by atoms with Crippen LogP contribution in [0.3, 0.4) is 0 Å². The molecule has 2 aromatic rings. The molecule has 1 N–H and O–H groups in total. The molecule has 1 saturated heterocycles. The second-order valence-corrected chi connectivity index (χ2v) is 8.48. The maximum Gasteiger partial charge on any atom is 0.337 e. The van der Waals surface area contributed by atoms with Crippen LogP contribution in [0.1, 0.15) is 34.3 Å². The SMILES string of the molecule is COC(=O)c1ccc(CN(CCc2ccccc2N2CCCC(O)C2)[SH](=O)=O)cc1. The van der Waals surface area contributed by atoms with E-state index in [0.29, 0.717) is 25.1 Å². The fourth-order valence-electron chi connectivity index (χ4n) is 3.75. The molecule has 1 aliphatic rings. The average molecular weight is 433 g/mol. The van der Waals surface area contributed by atoms with Crippen molar-refractivity contribution in [2.45, 2.75) is 31.9 Å². The minimum atomic E-state index is -2.75. The van der Waals surface area contributed by atoms with E-state index in [1.807, 2.05) is 24.3 Å². The van der Waals surface area contributed by atoms with Gasteiger partial charge in [-0.15, -0.1) is 0 Å². The zero-order valence-corrected chi connectivity index (χ0v) is 18.0. The highest BCUT2D eigenvalue weighted by Crippen LogP contribution is 2.25. The van der Waals surface area contributed by atoms with Gasteiger partial charge < -0.3 is 14.7 Å². The number of anilines is 1. The normalized spacial score (nSPS) is 16.8. The molecule has 1 aliphatic heterocycles. The minimum absolute atomic E-state index is 0.241. The molecule has 1 unspecified atom stereocenters. The summed E-state index contributed by atoms with van der Waals surface area (Å²) < 4.78 is 29.7. The zero-order valence-electron chi connectivity index (χ0n) is 17.1. The number of hydrogen-bond acceptors (Lipinski definition) is 6. The Hall–Kier alpha value is -2.42. The Morgan fingerprint density at radius 3 is 2.60 bits per heavy atom. The van der Waals surface area contributed by atoms with E-state index in [9.17, 15) is 18.3 Å². The summed E-state index contributed by atoms with van der Waals surface area (Å²) in [5.74, 6) is -0.423. The van der Waals surface area contributed by atoms with Gasteiger partial charge in [0.1, 0.15) is 0 Å². The van der Waals surface area contributed by atoms with E-state index in [2.05, 4.69) is 9.64 Å². The average Bonchev–Trinajstić information content (AvgIpc) is 2.76. The maximum atomic E-state index is 11.8. The molecule has 0 radical (unpaired) electrons. The summed E-state index contributed by atoms with van der Waals surface area (Å²) in [5.41, 5.74) is 3.35. The first kappa shape index (κ1) is 22.3. The third-order valence-electron chi connectivity index (χ3n) is 5.34. The third kappa shape index (κ3) is 5.81. The lowest BCUT2D eigenvalue weighted by Crippen LogP contribution is -2.38. The van der Waals surface area contributed by atoms with Crippen molar-refractivity contribution in [1.29, 1.82) is 0 Å². The lowest BCUT2D eigenvalue weighted by Gasteiger charge is -2.33. The highest BCUT2D eigenvalue weighted by Gasteiger charge is 2.20. The van der Waals surface area contributed by atoms with E-state index in [4.69, 9.17) is 0 Å². The Morgan fingerprint density at radius 1 is 1.20 bits per heavy atom. The van der Waals surface area contributed by atoms with Crippen LogP contribution >= 0.6 is 0 Å². The quantitative estimate of drug-likeness (QED) is 0.490. The van der Waals surface area contributed by atoms with Gasteiger partial charge in [-0.3, -0.25) is 0 Å². The lowest BCUT2D eigenvalue weighted by molar-refractivity contribution is 0.0600. The van der Waals surface area contributed by atoms with Gasteiger partial charge in [0.2, 0.25) is 10.9 Å². The van der Waals surface area contributed by atoms with Gasteiger partial charge in [-0.2, -0.15) is 4.31 Å². The Balaban J connectivity index is 1.68. The van der Waals surface area contributed by atoms with Gasteiger partial charge in [0, 0.05) is 31.9 Å². The van der Waals surface area contributed by atoms with E-state index >= 15 is 0 Å². The van der Waals surface area contributed by atoms with E-state index in [1.54, 1.807) is 24.3 Å². The summed E-state index contributed by atoms with van der Waals surface area (Å²) in [6.07, 6.45) is 2.01. The molecular weight excluding hydrogens is 404 g/mol. The van der Waals surface area contributed by atoms with Crippen molar-refractivity contribution in [3.8, 4) is 0 Å². The Kier molecular flexibility index (Phi) is 7.84. The molecule has 162 valence electrons. The number of methoxy groups -OCH3 is 1. The summed E-state index contributed by atoms with van der Waals surface area (Å²) >= 11 is 0. The zero-order chi connectivity index (χ0) is 21.5. The van der Waals surface area contributed by atoms with Gasteiger partial charge >= 0.3 is 5.97 Å². The number of aliphatic hydroxyl groups excluding tert-OH is 1. The van der Waals surface area contributed by atoms with Crippen LogP contribution < -0.4 is 4.90 Å². The first-order chi connectivity index (χ1) is 14.5. The molecule has 3 rings (SSSR count). The van der Waals surface area contributed by atoms with Crippen LogP contribution in [-0.4, -0.2) is 56.6 Å². The predicted octanol–water partition coefficient (Wildman–Crippen LogP) is 2.01. The number of rotatable bonds is 8. The second kappa shape index (κ2) is 10.6. The molecule has 2 aromatic carbocycles. The number of benzene rings is 2. The standard InChI is InChI=1S/C22H28N2O5S/c1-29-22(26)19-10-8-17(9-11-19)15-24(30(27)28)14-12-18-5-2-3-7-21(18)23-13-4-6-20(25)16-23/h2-3,5,7-11,20,25,30H,4,6,12-16H2,1H3. The molecule has 0 aliphatic carbocycles. The Labute approximate surface area is 179 Å². The van der Waals surface area contributed by atoms with E-state index in [0.717, 1.165) is 36.2 Å². The Bertz CT molecular complexity index is 921. The first-order valence-electron chi connectivity index (χ1n) is 10.1. The van der Waals surface area contributed by atoms with Gasteiger partial charge in [0.25, 0.3) is 0 Å². The lowest BCUT2D eigenvalue weighted by atomic mass is 10.0. The number of piperidine rings is 1. The summed E-state index contributed by atoms with van der Waals surface area (Å²) in [4.78, 5) is 13.7. The van der Waals surface area contributed by atoms with Crippen molar-refractivity contribution < 1.29 is 23.1 Å². The number of nitrogens with zero attached hydrogens (tertiary/aromatic N) is 2. The highest BCUT2D eigenvalue weighted by molar-refractivity contribution is 7.69. The molecule has 0 amide bonds. The molecule has 30 heavy (non-hydrogen) atoms. The molecule has 0 bridgehead atoms. The van der Waals surface area contributed by atoms with Gasteiger partial charge in [0.15, 0.2) is 0 Å². The number of hydrogen-bond donors (Lipinski definition) is 2. The molecule has 1 fully saturated rings. The summed E-state index contributed by atoms with van der Waals surface area (Å²) in [7, 11) is -1.43. The Morgan fingerprint density at radius 2 is 1.93 bits per heavy atom. The molecular formula is C22H28N2O5S. The van der Waals surface area contributed by atoms with Gasteiger partial charge in [-0.05, 0) is 48.6 Å². The highest BCUT2D eigenvalue weighted by atomic mass is 32.2. The topological polar surface area (TPSA) is 87.2 Å². The number of ether oxygens (including phenoxy) is 1. The molecule has 0 aromatic heterocycles. The van der Waals surface area contributed by atoms with Gasteiger partial charge in [-0.1, -0.05) is 30.3 Å². The smallest absolute Gasteiger partial charge is 0.337 e. The second-order valence-electron chi connectivity index (χ2n) is 7.44. The number of carbonyl (C=O) groups excluding carboxylic acids is 1. The van der Waals surface area contributed by atoms with Crippen LogP contribution in [0.25, 0.3) is 0 Å². The predicted molar refractivity (Wildman–Crippen MR) is 116 cm³/mol. The van der Waals surface area contributed by atoms with Crippen LogP contribution in [0.15, 0.2) is 48.5 Å². The van der Waals surface area contributed by atoms with Crippen LogP contribution in [0, 0.1) is 0 Å². The monoisotopic (exact) mass is 432 g/mol. The largest absolute Gasteiger partial charge is 0.465 e. The number of thiol groups is 1. The fraction of sp³-hybridized carbons (Fsp3) is 0.409. The van der Waals surface area contributed by atoms with Crippen molar-refractivity contribution in [2.75, 3.05) is 31.6 Å². The summed E-state index contributed by atoms with van der Waals surface area (Å²) in [5, 5.41) is 10.00. The van der Waals surface area contributed by atoms with Crippen LogP contribution in [-0.2, 0) is 28.6 Å². The van der Waals surface area contributed by atoms with Crippen molar-refractivity contribution >= 4 is 22.5 Å². The third-order valence-corrected chi connectivity index (χ3v) is 6.14. The molecule has 1 atom stereocenters. The van der Waals surface area contributed by atoms with E-state index < -0.39 is 16.9 Å².